The molecule has 1 atom stereocenters. The van der Waals surface area contributed by atoms with Crippen LogP contribution in [0.5, 0.6) is 17.2 Å². The van der Waals surface area contributed by atoms with E-state index in [1.54, 1.807) is 33.5 Å². The molecule has 7 nitrogen and oxygen atoms in total. The summed E-state index contributed by atoms with van der Waals surface area (Å²) in [5.74, 6) is 1.38. The highest BCUT2D eigenvalue weighted by atomic mass is 35.5. The van der Waals surface area contributed by atoms with Gasteiger partial charge >= 0.3 is 0 Å². The summed E-state index contributed by atoms with van der Waals surface area (Å²) in [7, 11) is 4.72. The highest BCUT2D eigenvalue weighted by Gasteiger charge is 2.29. The van der Waals surface area contributed by atoms with Gasteiger partial charge in [0.2, 0.25) is 17.1 Å². The lowest BCUT2D eigenvalue weighted by Gasteiger charge is -2.19. The van der Waals surface area contributed by atoms with Crippen LogP contribution in [0.2, 0.25) is 5.02 Å². The number of amides is 1. The lowest BCUT2D eigenvalue weighted by molar-refractivity contribution is -0.119. The maximum atomic E-state index is 13.3. The number of anilines is 1. The number of halogens is 1. The van der Waals surface area contributed by atoms with E-state index < -0.39 is 0 Å². The van der Waals surface area contributed by atoms with Crippen molar-refractivity contribution >= 4 is 23.2 Å². The van der Waals surface area contributed by atoms with Crippen LogP contribution in [0.15, 0.2) is 53.3 Å². The third kappa shape index (κ3) is 5.11. The van der Waals surface area contributed by atoms with Crippen molar-refractivity contribution < 1.29 is 19.0 Å². The van der Waals surface area contributed by atoms with Gasteiger partial charge < -0.3 is 24.8 Å². The lowest BCUT2D eigenvalue weighted by atomic mass is 9.95. The molecular formula is C28H29ClN2O5. The molecule has 3 aromatic carbocycles. The monoisotopic (exact) mass is 508 g/mol. The Balaban J connectivity index is 1.89. The Hall–Kier alpha value is -3.71. The van der Waals surface area contributed by atoms with E-state index in [-0.39, 0.29) is 17.4 Å². The molecule has 1 aliphatic rings. The second-order valence-corrected chi connectivity index (χ2v) is 9.01. The third-order valence-corrected chi connectivity index (χ3v) is 6.56. The van der Waals surface area contributed by atoms with Crippen LogP contribution in [0.4, 0.5) is 5.69 Å². The molecule has 2 N–H and O–H groups in total. The fraction of sp³-hybridized carbons (Fsp3) is 0.286. The average Bonchev–Trinajstić information content (AvgIpc) is 3.11. The predicted octanol–water partition coefficient (Wildman–Crippen LogP) is 5.13. The Morgan fingerprint density at radius 3 is 2.36 bits per heavy atom. The highest BCUT2D eigenvalue weighted by molar-refractivity contribution is 6.30. The average molecular weight is 509 g/mol. The maximum absolute atomic E-state index is 13.3. The smallest absolute Gasteiger partial charge is 0.217 e. The van der Waals surface area contributed by atoms with E-state index in [2.05, 4.69) is 10.6 Å². The molecule has 36 heavy (non-hydrogen) atoms. The highest BCUT2D eigenvalue weighted by Crippen LogP contribution is 2.50. The zero-order valence-electron chi connectivity index (χ0n) is 20.7. The van der Waals surface area contributed by atoms with E-state index in [1.165, 1.54) is 6.92 Å². The van der Waals surface area contributed by atoms with Crippen molar-refractivity contribution in [1.82, 2.24) is 5.32 Å². The number of benzene rings is 2. The van der Waals surface area contributed by atoms with Crippen LogP contribution in [-0.4, -0.2) is 27.2 Å². The summed E-state index contributed by atoms with van der Waals surface area (Å²) >= 11 is 5.99. The molecule has 0 saturated carbocycles. The van der Waals surface area contributed by atoms with Crippen molar-refractivity contribution in [3.8, 4) is 28.4 Å². The van der Waals surface area contributed by atoms with Crippen LogP contribution in [0.25, 0.3) is 11.1 Å². The molecule has 0 aliphatic heterocycles. The van der Waals surface area contributed by atoms with Gasteiger partial charge in [0.15, 0.2) is 11.5 Å². The van der Waals surface area contributed by atoms with Gasteiger partial charge in [0.05, 0.1) is 33.1 Å². The Kier molecular flexibility index (Phi) is 7.70. The largest absolute Gasteiger partial charge is 0.493 e. The van der Waals surface area contributed by atoms with Crippen molar-refractivity contribution in [3.63, 3.8) is 0 Å². The van der Waals surface area contributed by atoms with Crippen LogP contribution in [0.1, 0.15) is 36.1 Å². The molecule has 0 aromatic heterocycles. The summed E-state index contributed by atoms with van der Waals surface area (Å²) in [4.78, 5) is 25.4. The van der Waals surface area contributed by atoms with Crippen molar-refractivity contribution in [2.24, 2.45) is 0 Å². The first kappa shape index (κ1) is 25.4. The predicted molar refractivity (Wildman–Crippen MR) is 141 cm³/mol. The van der Waals surface area contributed by atoms with E-state index in [4.69, 9.17) is 25.8 Å². The number of aryl methyl sites for hydroxylation is 1. The van der Waals surface area contributed by atoms with Gasteiger partial charge in [0.1, 0.15) is 0 Å². The van der Waals surface area contributed by atoms with E-state index in [1.807, 2.05) is 36.4 Å². The van der Waals surface area contributed by atoms with Crippen LogP contribution in [0, 0.1) is 0 Å². The molecule has 188 valence electrons. The van der Waals surface area contributed by atoms with Crippen LogP contribution >= 0.6 is 11.6 Å². The molecular weight excluding hydrogens is 480 g/mol. The van der Waals surface area contributed by atoms with E-state index >= 15 is 0 Å². The Labute approximate surface area is 215 Å². The first-order valence-corrected chi connectivity index (χ1v) is 12.0. The Morgan fingerprint density at radius 1 is 1.00 bits per heavy atom. The fourth-order valence-electron chi connectivity index (χ4n) is 4.65. The number of methoxy groups -OCH3 is 3. The van der Waals surface area contributed by atoms with Crippen LogP contribution < -0.4 is 30.3 Å². The summed E-state index contributed by atoms with van der Waals surface area (Å²) in [6.45, 7) is 1.94. The standard InChI is InChI=1S/C28H29ClN2O5/c1-16(32)31-22-11-7-18-13-25(34-2)27(35-3)28(36-4)26(18)20-10-12-23(24(33)14-21(20)22)30-15-17-5-8-19(29)9-6-17/h5-6,8-10,12-14,22H,7,11,15H2,1-4H3,(H,30,33)(H,31,32)/t22-/m1/s1. The van der Waals surface area contributed by atoms with Gasteiger partial charge in [-0.05, 0) is 65.4 Å². The maximum Gasteiger partial charge on any atom is 0.217 e. The third-order valence-electron chi connectivity index (χ3n) is 6.31. The second-order valence-electron chi connectivity index (χ2n) is 8.58. The van der Waals surface area contributed by atoms with Gasteiger partial charge in [0, 0.05) is 24.1 Å². The van der Waals surface area contributed by atoms with Crippen molar-refractivity contribution in [2.75, 3.05) is 26.6 Å². The number of carbonyl (C=O) groups is 1. The van der Waals surface area contributed by atoms with Gasteiger partial charge in [-0.15, -0.1) is 0 Å². The first-order valence-electron chi connectivity index (χ1n) is 11.6. The normalized spacial score (nSPS) is 14.1. The number of carbonyl (C=O) groups excluding carboxylic acids is 1. The number of hydrogen-bond acceptors (Lipinski definition) is 6. The molecule has 8 heteroatoms. The summed E-state index contributed by atoms with van der Waals surface area (Å²) in [5.41, 5.74) is 4.57. The first-order chi connectivity index (χ1) is 17.4. The summed E-state index contributed by atoms with van der Waals surface area (Å²) in [6.07, 6.45) is 1.25. The number of ether oxygens (including phenoxy) is 3. The van der Waals surface area contributed by atoms with E-state index in [0.29, 0.717) is 47.3 Å². The molecule has 1 aliphatic carbocycles. The van der Waals surface area contributed by atoms with E-state index in [0.717, 1.165) is 27.8 Å². The molecule has 3 aromatic rings. The minimum absolute atomic E-state index is 0.168. The van der Waals surface area contributed by atoms with Crippen LogP contribution in [-0.2, 0) is 17.8 Å². The topological polar surface area (TPSA) is 85.9 Å². The minimum Gasteiger partial charge on any atom is -0.493 e. The second kappa shape index (κ2) is 10.9. The number of fused-ring (bicyclic) bond motifs is 3. The van der Waals surface area contributed by atoms with Gasteiger partial charge in [-0.3, -0.25) is 9.59 Å². The Morgan fingerprint density at radius 2 is 1.72 bits per heavy atom. The summed E-state index contributed by atoms with van der Waals surface area (Å²) in [6, 6.07) is 14.3. The minimum atomic E-state index is -0.351. The Bertz CT molecular complexity index is 1340. The van der Waals surface area contributed by atoms with Crippen molar-refractivity contribution in [2.45, 2.75) is 32.4 Å². The van der Waals surface area contributed by atoms with Crippen molar-refractivity contribution in [3.05, 3.63) is 80.5 Å². The summed E-state index contributed by atoms with van der Waals surface area (Å²) in [5, 5.41) is 6.91. The molecule has 0 radical (unpaired) electrons. The quantitative estimate of drug-likeness (QED) is 0.460. The number of rotatable bonds is 7. The fourth-order valence-corrected chi connectivity index (χ4v) is 4.78. The molecule has 0 fully saturated rings. The molecule has 1 amide bonds. The molecule has 0 spiro atoms. The molecule has 0 heterocycles. The molecule has 0 saturated heterocycles. The zero-order chi connectivity index (χ0) is 25.8. The molecule has 4 rings (SSSR count). The van der Waals surface area contributed by atoms with Crippen molar-refractivity contribution in [1.29, 1.82) is 0 Å². The SMILES string of the molecule is COc1cc2c(c(OC)c1OC)-c1ccc(NCc3ccc(Cl)cc3)c(=O)cc1[C@H](NC(C)=O)CC2. The molecule has 0 bridgehead atoms. The van der Waals surface area contributed by atoms with Gasteiger partial charge in [-0.25, -0.2) is 0 Å². The number of nitrogens with one attached hydrogen (secondary N) is 2. The lowest BCUT2D eigenvalue weighted by Crippen LogP contribution is -2.26. The molecule has 0 unspecified atom stereocenters. The van der Waals surface area contributed by atoms with E-state index in [9.17, 15) is 9.59 Å². The van der Waals surface area contributed by atoms with Gasteiger partial charge in [-0.1, -0.05) is 29.8 Å². The van der Waals surface area contributed by atoms with Gasteiger partial charge in [-0.2, -0.15) is 0 Å². The van der Waals surface area contributed by atoms with Gasteiger partial charge in [0.25, 0.3) is 0 Å². The number of hydrogen-bond donors (Lipinski definition) is 2. The zero-order valence-corrected chi connectivity index (χ0v) is 21.5. The van der Waals surface area contributed by atoms with Crippen LogP contribution in [0.3, 0.4) is 0 Å². The summed E-state index contributed by atoms with van der Waals surface area (Å²) < 4.78 is 17.0.